The SMILES string of the molecule is O=C(CNCC1(O)CCCC1)Nc1ccc(Br)cc1. The van der Waals surface area contributed by atoms with Crippen LogP contribution in [-0.4, -0.2) is 29.7 Å². The van der Waals surface area contributed by atoms with Crippen molar-refractivity contribution in [3.05, 3.63) is 28.7 Å². The molecule has 3 N–H and O–H groups in total. The molecule has 1 aromatic carbocycles. The van der Waals surface area contributed by atoms with Gasteiger partial charge in [0.15, 0.2) is 0 Å². The maximum atomic E-state index is 11.7. The zero-order valence-electron chi connectivity index (χ0n) is 10.8. The Labute approximate surface area is 121 Å². The van der Waals surface area contributed by atoms with Gasteiger partial charge in [-0.15, -0.1) is 0 Å². The predicted molar refractivity (Wildman–Crippen MR) is 79.1 cm³/mol. The standard InChI is InChI=1S/C14H19BrN2O2/c15-11-3-5-12(6-4-11)17-13(18)9-16-10-14(19)7-1-2-8-14/h3-6,16,19H,1-2,7-10H2,(H,17,18). The second-order valence-corrected chi connectivity index (χ2v) is 6.01. The van der Waals surface area contributed by atoms with Crippen LogP contribution in [0.1, 0.15) is 25.7 Å². The molecule has 0 heterocycles. The highest BCUT2D eigenvalue weighted by Crippen LogP contribution is 2.28. The fourth-order valence-electron chi connectivity index (χ4n) is 2.36. The molecule has 19 heavy (non-hydrogen) atoms. The summed E-state index contributed by atoms with van der Waals surface area (Å²) >= 11 is 3.34. The summed E-state index contributed by atoms with van der Waals surface area (Å²) in [5.41, 5.74) is 0.160. The largest absolute Gasteiger partial charge is 0.389 e. The Kier molecular flexibility index (Phi) is 4.96. The van der Waals surface area contributed by atoms with E-state index in [2.05, 4.69) is 26.6 Å². The van der Waals surface area contributed by atoms with E-state index >= 15 is 0 Å². The smallest absolute Gasteiger partial charge is 0.238 e. The summed E-state index contributed by atoms with van der Waals surface area (Å²) in [5.74, 6) is -0.0936. The molecule has 1 aromatic rings. The van der Waals surface area contributed by atoms with Gasteiger partial charge in [0.25, 0.3) is 0 Å². The van der Waals surface area contributed by atoms with Crippen LogP contribution in [0, 0.1) is 0 Å². The fourth-order valence-corrected chi connectivity index (χ4v) is 2.62. The number of amides is 1. The van der Waals surface area contributed by atoms with Crippen LogP contribution in [0.25, 0.3) is 0 Å². The second-order valence-electron chi connectivity index (χ2n) is 5.09. The van der Waals surface area contributed by atoms with E-state index in [-0.39, 0.29) is 12.5 Å². The topological polar surface area (TPSA) is 61.4 Å². The van der Waals surface area contributed by atoms with Gasteiger partial charge in [-0.25, -0.2) is 0 Å². The van der Waals surface area contributed by atoms with Gasteiger partial charge in [0.1, 0.15) is 0 Å². The summed E-state index contributed by atoms with van der Waals surface area (Å²) < 4.78 is 0.979. The van der Waals surface area contributed by atoms with Crippen molar-refractivity contribution in [3.63, 3.8) is 0 Å². The lowest BCUT2D eigenvalue weighted by molar-refractivity contribution is -0.115. The molecule has 5 heteroatoms. The van der Waals surface area contributed by atoms with Gasteiger partial charge in [-0.3, -0.25) is 4.79 Å². The molecule has 0 radical (unpaired) electrons. The van der Waals surface area contributed by atoms with Crippen molar-refractivity contribution < 1.29 is 9.90 Å². The van der Waals surface area contributed by atoms with Crippen LogP contribution < -0.4 is 10.6 Å². The fraction of sp³-hybridized carbons (Fsp3) is 0.500. The predicted octanol–water partition coefficient (Wildman–Crippen LogP) is 2.28. The number of halogens is 1. The van der Waals surface area contributed by atoms with Crippen molar-refractivity contribution in [2.24, 2.45) is 0 Å². The Morgan fingerprint density at radius 2 is 1.89 bits per heavy atom. The van der Waals surface area contributed by atoms with Crippen molar-refractivity contribution in [2.45, 2.75) is 31.3 Å². The molecular weight excluding hydrogens is 308 g/mol. The van der Waals surface area contributed by atoms with E-state index < -0.39 is 5.60 Å². The number of hydrogen-bond acceptors (Lipinski definition) is 3. The summed E-state index contributed by atoms with van der Waals surface area (Å²) in [6.45, 7) is 0.707. The minimum absolute atomic E-state index is 0.0936. The van der Waals surface area contributed by atoms with E-state index in [4.69, 9.17) is 0 Å². The molecule has 0 aromatic heterocycles. The van der Waals surface area contributed by atoms with E-state index in [9.17, 15) is 9.90 Å². The molecule has 0 spiro atoms. The first-order valence-electron chi connectivity index (χ1n) is 6.56. The van der Waals surface area contributed by atoms with Gasteiger partial charge in [0.05, 0.1) is 12.1 Å². The molecule has 0 atom stereocenters. The molecule has 1 amide bonds. The average Bonchev–Trinajstić information content (AvgIpc) is 2.79. The van der Waals surface area contributed by atoms with Gasteiger partial charge in [0, 0.05) is 16.7 Å². The van der Waals surface area contributed by atoms with Crippen LogP contribution in [0.5, 0.6) is 0 Å². The Bertz CT molecular complexity index is 428. The van der Waals surface area contributed by atoms with Gasteiger partial charge < -0.3 is 15.7 Å². The van der Waals surface area contributed by atoms with Crippen molar-refractivity contribution in [3.8, 4) is 0 Å². The van der Waals surface area contributed by atoms with E-state index in [1.165, 1.54) is 0 Å². The Balaban J connectivity index is 1.71. The molecule has 1 aliphatic carbocycles. The minimum Gasteiger partial charge on any atom is -0.389 e. The van der Waals surface area contributed by atoms with Crippen LogP contribution >= 0.6 is 15.9 Å². The van der Waals surface area contributed by atoms with Crippen LogP contribution in [-0.2, 0) is 4.79 Å². The van der Waals surface area contributed by atoms with Crippen LogP contribution in [0.4, 0.5) is 5.69 Å². The Morgan fingerprint density at radius 1 is 1.26 bits per heavy atom. The first-order chi connectivity index (χ1) is 9.07. The lowest BCUT2D eigenvalue weighted by atomic mass is 10.0. The Morgan fingerprint density at radius 3 is 2.53 bits per heavy atom. The molecular formula is C14H19BrN2O2. The second kappa shape index (κ2) is 6.50. The van der Waals surface area contributed by atoms with Gasteiger partial charge in [-0.05, 0) is 37.1 Å². The molecule has 0 aliphatic heterocycles. The maximum Gasteiger partial charge on any atom is 0.238 e. The third-order valence-electron chi connectivity index (χ3n) is 3.40. The summed E-state index contributed by atoms with van der Waals surface area (Å²) in [7, 11) is 0. The molecule has 0 unspecified atom stereocenters. The van der Waals surface area contributed by atoms with Crippen LogP contribution in [0.15, 0.2) is 28.7 Å². The molecule has 1 saturated carbocycles. The quantitative estimate of drug-likeness (QED) is 0.778. The average molecular weight is 327 g/mol. The normalized spacial score (nSPS) is 17.4. The van der Waals surface area contributed by atoms with Gasteiger partial charge in [0.2, 0.25) is 5.91 Å². The first-order valence-corrected chi connectivity index (χ1v) is 7.35. The van der Waals surface area contributed by atoms with Gasteiger partial charge >= 0.3 is 0 Å². The van der Waals surface area contributed by atoms with E-state index in [0.717, 1.165) is 35.8 Å². The zero-order valence-corrected chi connectivity index (χ0v) is 12.4. The molecule has 4 nitrogen and oxygen atoms in total. The summed E-state index contributed by atoms with van der Waals surface area (Å²) in [6, 6.07) is 7.44. The highest BCUT2D eigenvalue weighted by atomic mass is 79.9. The molecule has 0 bridgehead atoms. The summed E-state index contributed by atoms with van der Waals surface area (Å²) in [4.78, 5) is 11.7. The number of anilines is 1. The number of rotatable bonds is 5. The van der Waals surface area contributed by atoms with E-state index in [0.29, 0.717) is 6.54 Å². The lowest BCUT2D eigenvalue weighted by Gasteiger charge is -2.22. The molecule has 104 valence electrons. The van der Waals surface area contributed by atoms with E-state index in [1.807, 2.05) is 24.3 Å². The maximum absolute atomic E-state index is 11.7. The lowest BCUT2D eigenvalue weighted by Crippen LogP contribution is -2.41. The molecule has 1 fully saturated rings. The number of aliphatic hydroxyl groups is 1. The summed E-state index contributed by atoms with van der Waals surface area (Å²) in [5, 5.41) is 16.0. The Hall–Kier alpha value is -0.910. The van der Waals surface area contributed by atoms with Crippen molar-refractivity contribution in [1.29, 1.82) is 0 Å². The van der Waals surface area contributed by atoms with Crippen LogP contribution in [0.2, 0.25) is 0 Å². The molecule has 0 saturated heterocycles. The molecule has 1 aliphatic rings. The number of nitrogens with one attached hydrogen (secondary N) is 2. The monoisotopic (exact) mass is 326 g/mol. The van der Waals surface area contributed by atoms with Gasteiger partial charge in [-0.2, -0.15) is 0 Å². The van der Waals surface area contributed by atoms with Crippen molar-refractivity contribution in [1.82, 2.24) is 5.32 Å². The zero-order chi connectivity index (χ0) is 13.7. The minimum atomic E-state index is -0.613. The first kappa shape index (κ1) is 14.5. The third-order valence-corrected chi connectivity index (χ3v) is 3.93. The molecule has 2 rings (SSSR count). The number of hydrogen-bond donors (Lipinski definition) is 3. The summed E-state index contributed by atoms with van der Waals surface area (Å²) in [6.07, 6.45) is 3.80. The van der Waals surface area contributed by atoms with Gasteiger partial charge in [-0.1, -0.05) is 28.8 Å². The number of carbonyl (C=O) groups excluding carboxylic acids is 1. The third kappa shape index (κ3) is 4.60. The number of carbonyl (C=O) groups is 1. The highest BCUT2D eigenvalue weighted by molar-refractivity contribution is 9.10. The number of benzene rings is 1. The van der Waals surface area contributed by atoms with Crippen LogP contribution in [0.3, 0.4) is 0 Å². The highest BCUT2D eigenvalue weighted by Gasteiger charge is 2.30. The van der Waals surface area contributed by atoms with E-state index in [1.54, 1.807) is 0 Å². The van der Waals surface area contributed by atoms with Crippen molar-refractivity contribution >= 4 is 27.5 Å². The van der Waals surface area contributed by atoms with Crippen molar-refractivity contribution in [2.75, 3.05) is 18.4 Å².